The number of carboxylic acids is 1. The molecular weight excluding hydrogens is 198 g/mol. The summed E-state index contributed by atoms with van der Waals surface area (Å²) in [5, 5.41) is 8.72. The normalized spacial score (nSPS) is 10.1. The quantitative estimate of drug-likeness (QED) is 0.736. The summed E-state index contributed by atoms with van der Waals surface area (Å²) in [7, 11) is 0. The number of hydrogen-bond acceptors (Lipinski definition) is 3. The fourth-order valence-corrected chi connectivity index (χ4v) is 1.18. The maximum atomic E-state index is 11.2. The van der Waals surface area contributed by atoms with Gasteiger partial charge in [-0.3, -0.25) is 4.57 Å². The van der Waals surface area contributed by atoms with Crippen LogP contribution in [0.25, 0.3) is 5.82 Å². The maximum Gasteiger partial charge on any atom is 0.354 e. The summed E-state index contributed by atoms with van der Waals surface area (Å²) < 4.78 is 1.23. The van der Waals surface area contributed by atoms with Crippen LogP contribution in [0.5, 0.6) is 0 Å². The Morgan fingerprint density at radius 3 is 2.87 bits per heavy atom. The Hall–Kier alpha value is -2.37. The molecule has 0 fully saturated rings. The molecule has 2 aromatic heterocycles. The average Bonchev–Trinajstić information content (AvgIpc) is 2.64. The molecule has 0 atom stereocenters. The summed E-state index contributed by atoms with van der Waals surface area (Å²) in [5.41, 5.74) is -0.453. The Labute approximate surface area is 83.8 Å². The van der Waals surface area contributed by atoms with E-state index in [2.05, 4.69) is 9.97 Å². The molecule has 0 saturated heterocycles. The summed E-state index contributed by atoms with van der Waals surface area (Å²) >= 11 is 0. The van der Waals surface area contributed by atoms with E-state index in [1.807, 2.05) is 0 Å². The molecule has 0 amide bonds. The van der Waals surface area contributed by atoms with Gasteiger partial charge >= 0.3 is 11.7 Å². The topological polar surface area (TPSA) is 88.0 Å². The first kappa shape index (κ1) is 9.20. The van der Waals surface area contributed by atoms with E-state index in [0.717, 1.165) is 0 Å². The van der Waals surface area contributed by atoms with Crippen molar-refractivity contribution >= 4 is 5.97 Å². The van der Waals surface area contributed by atoms with Gasteiger partial charge in [-0.15, -0.1) is 0 Å². The van der Waals surface area contributed by atoms with E-state index >= 15 is 0 Å². The van der Waals surface area contributed by atoms with Gasteiger partial charge in [0.1, 0.15) is 5.82 Å². The number of rotatable bonds is 2. The highest BCUT2D eigenvalue weighted by Crippen LogP contribution is 2.02. The van der Waals surface area contributed by atoms with Crippen LogP contribution in [0.1, 0.15) is 10.5 Å². The predicted molar refractivity (Wildman–Crippen MR) is 51.1 cm³/mol. The van der Waals surface area contributed by atoms with E-state index in [1.54, 1.807) is 6.07 Å². The van der Waals surface area contributed by atoms with Crippen LogP contribution in [0.15, 0.2) is 35.4 Å². The Morgan fingerprint density at radius 2 is 2.27 bits per heavy atom. The minimum atomic E-state index is -1.12. The molecule has 0 aromatic carbocycles. The fraction of sp³-hybridized carbons (Fsp3) is 0. The molecule has 0 radical (unpaired) electrons. The molecule has 2 rings (SSSR count). The molecule has 0 spiro atoms. The van der Waals surface area contributed by atoms with Crippen molar-refractivity contribution in [1.29, 1.82) is 0 Å². The largest absolute Gasteiger partial charge is 0.477 e. The van der Waals surface area contributed by atoms with Crippen LogP contribution in [0.2, 0.25) is 0 Å². The second kappa shape index (κ2) is 3.41. The summed E-state index contributed by atoms with van der Waals surface area (Å²) in [4.78, 5) is 28.1. The highest BCUT2D eigenvalue weighted by molar-refractivity contribution is 5.85. The molecule has 0 aliphatic rings. The third kappa shape index (κ3) is 1.64. The van der Waals surface area contributed by atoms with E-state index in [4.69, 9.17) is 5.11 Å². The van der Waals surface area contributed by atoms with Crippen LogP contribution in [0, 0.1) is 0 Å². The SMILES string of the molecule is O=C(O)c1cccc(-n2cc[nH]c2=O)n1. The van der Waals surface area contributed by atoms with Crippen molar-refractivity contribution in [1.82, 2.24) is 14.5 Å². The molecular formula is C9H7N3O3. The van der Waals surface area contributed by atoms with E-state index in [-0.39, 0.29) is 17.2 Å². The first-order valence-corrected chi connectivity index (χ1v) is 4.15. The molecule has 2 N–H and O–H groups in total. The average molecular weight is 205 g/mol. The lowest BCUT2D eigenvalue weighted by Gasteiger charge is -2.00. The second-order valence-electron chi connectivity index (χ2n) is 2.82. The van der Waals surface area contributed by atoms with Crippen LogP contribution in [-0.4, -0.2) is 25.6 Å². The number of carboxylic acid groups (broad SMARTS) is 1. The van der Waals surface area contributed by atoms with Gasteiger partial charge in [-0.1, -0.05) is 6.07 Å². The van der Waals surface area contributed by atoms with E-state index in [9.17, 15) is 9.59 Å². The van der Waals surface area contributed by atoms with Gasteiger partial charge in [0.15, 0.2) is 5.69 Å². The van der Waals surface area contributed by atoms with Crippen molar-refractivity contribution in [2.45, 2.75) is 0 Å². The molecule has 6 heteroatoms. The maximum absolute atomic E-state index is 11.2. The summed E-state index contributed by atoms with van der Waals surface area (Å²) in [6, 6.07) is 4.45. The van der Waals surface area contributed by atoms with Crippen molar-refractivity contribution in [3.8, 4) is 5.82 Å². The third-order valence-electron chi connectivity index (χ3n) is 1.85. The van der Waals surface area contributed by atoms with Crippen LogP contribution in [-0.2, 0) is 0 Å². The van der Waals surface area contributed by atoms with Gasteiger partial charge < -0.3 is 10.1 Å². The van der Waals surface area contributed by atoms with Gasteiger partial charge in [0.2, 0.25) is 0 Å². The van der Waals surface area contributed by atoms with Crippen molar-refractivity contribution in [2.24, 2.45) is 0 Å². The minimum absolute atomic E-state index is 0.0967. The summed E-state index contributed by atoms with van der Waals surface area (Å²) in [6.07, 6.45) is 2.94. The van der Waals surface area contributed by atoms with E-state index in [1.165, 1.54) is 29.1 Å². The standard InChI is InChI=1S/C9H7N3O3/c13-8(14)6-2-1-3-7(11-6)12-5-4-10-9(12)15/h1-5H,(H,10,15)(H,13,14). The molecule has 0 unspecified atom stereocenters. The monoisotopic (exact) mass is 205 g/mol. The molecule has 76 valence electrons. The van der Waals surface area contributed by atoms with Gasteiger partial charge in [-0.2, -0.15) is 0 Å². The summed E-state index contributed by atoms with van der Waals surface area (Å²) in [5.74, 6) is -0.846. The molecule has 0 aliphatic carbocycles. The Morgan fingerprint density at radius 1 is 1.47 bits per heavy atom. The van der Waals surface area contributed by atoms with Crippen LogP contribution in [0.3, 0.4) is 0 Å². The first-order valence-electron chi connectivity index (χ1n) is 4.15. The van der Waals surface area contributed by atoms with Gasteiger partial charge in [-0.25, -0.2) is 14.6 Å². The van der Waals surface area contributed by atoms with E-state index < -0.39 is 5.97 Å². The van der Waals surface area contributed by atoms with Crippen molar-refractivity contribution in [2.75, 3.05) is 0 Å². The first-order chi connectivity index (χ1) is 7.18. The van der Waals surface area contributed by atoms with Gasteiger partial charge in [0, 0.05) is 12.4 Å². The highest BCUT2D eigenvalue weighted by Gasteiger charge is 2.07. The Bertz CT molecular complexity index is 555. The second-order valence-corrected chi connectivity index (χ2v) is 2.82. The zero-order valence-corrected chi connectivity index (χ0v) is 7.54. The number of hydrogen-bond donors (Lipinski definition) is 2. The number of nitrogens with one attached hydrogen (secondary N) is 1. The number of aromatic nitrogens is 3. The van der Waals surface area contributed by atoms with E-state index in [0.29, 0.717) is 0 Å². The zero-order valence-electron chi connectivity index (χ0n) is 7.54. The minimum Gasteiger partial charge on any atom is -0.477 e. The fourth-order valence-electron chi connectivity index (χ4n) is 1.18. The lowest BCUT2D eigenvalue weighted by atomic mass is 10.3. The molecule has 2 heterocycles. The number of H-pyrrole nitrogens is 1. The highest BCUT2D eigenvalue weighted by atomic mass is 16.4. The Balaban J connectivity index is 2.55. The molecule has 15 heavy (non-hydrogen) atoms. The van der Waals surface area contributed by atoms with Crippen molar-refractivity contribution in [3.05, 3.63) is 46.8 Å². The number of nitrogens with zero attached hydrogens (tertiary/aromatic N) is 2. The molecule has 6 nitrogen and oxygen atoms in total. The van der Waals surface area contributed by atoms with Crippen LogP contribution >= 0.6 is 0 Å². The zero-order chi connectivity index (χ0) is 10.8. The number of aromatic amines is 1. The molecule has 0 bridgehead atoms. The molecule has 2 aromatic rings. The smallest absolute Gasteiger partial charge is 0.354 e. The number of carbonyl (C=O) groups is 1. The van der Waals surface area contributed by atoms with Crippen molar-refractivity contribution < 1.29 is 9.90 Å². The van der Waals surface area contributed by atoms with Gasteiger partial charge in [0.25, 0.3) is 0 Å². The molecule has 0 saturated carbocycles. The van der Waals surface area contributed by atoms with Crippen LogP contribution in [0.4, 0.5) is 0 Å². The Kier molecular flexibility index (Phi) is 2.09. The number of imidazole rings is 1. The number of aromatic carboxylic acids is 1. The lowest BCUT2D eigenvalue weighted by Crippen LogP contribution is -2.16. The molecule has 0 aliphatic heterocycles. The van der Waals surface area contributed by atoms with Gasteiger partial charge in [-0.05, 0) is 12.1 Å². The number of pyridine rings is 1. The lowest BCUT2D eigenvalue weighted by molar-refractivity contribution is 0.0690. The van der Waals surface area contributed by atoms with Crippen molar-refractivity contribution in [3.63, 3.8) is 0 Å². The predicted octanol–water partition coefficient (Wildman–Crippen LogP) is 0.259. The third-order valence-corrected chi connectivity index (χ3v) is 1.85. The summed E-state index contributed by atoms with van der Waals surface area (Å²) in [6.45, 7) is 0. The van der Waals surface area contributed by atoms with Crippen LogP contribution < -0.4 is 5.69 Å². The van der Waals surface area contributed by atoms with Gasteiger partial charge in [0.05, 0.1) is 0 Å².